The third-order valence-corrected chi connectivity index (χ3v) is 3.43. The summed E-state index contributed by atoms with van der Waals surface area (Å²) in [4.78, 5) is 7.01. The molecule has 0 amide bonds. The van der Waals surface area contributed by atoms with E-state index in [1.807, 2.05) is 0 Å². The largest absolute Gasteiger partial charge is 0.379 e. The van der Waals surface area contributed by atoms with Gasteiger partial charge in [0.15, 0.2) is 5.96 Å². The number of nitrogens with one attached hydrogen (secondary N) is 1. The molecule has 0 bridgehead atoms. The molecule has 0 aromatic carbocycles. The highest BCUT2D eigenvalue weighted by Gasteiger charge is 2.21. The Balaban J connectivity index is 2.35. The minimum absolute atomic E-state index is 0.420. The molecule has 21 heavy (non-hydrogen) atoms. The summed E-state index contributed by atoms with van der Waals surface area (Å²) in [6.45, 7) is 14.5. The zero-order chi connectivity index (χ0) is 15.5. The maximum atomic E-state index is 5.70. The van der Waals surface area contributed by atoms with Gasteiger partial charge in [-0.2, -0.15) is 0 Å². The Morgan fingerprint density at radius 3 is 2.57 bits per heavy atom. The van der Waals surface area contributed by atoms with Crippen molar-refractivity contribution in [1.29, 1.82) is 0 Å². The zero-order valence-corrected chi connectivity index (χ0v) is 14.2. The Hall–Kier alpha value is -0.810. The number of nitrogens with zero attached hydrogens (tertiary/aromatic N) is 2. The van der Waals surface area contributed by atoms with Gasteiger partial charge in [-0.3, -0.25) is 4.99 Å². The fourth-order valence-corrected chi connectivity index (χ4v) is 2.43. The van der Waals surface area contributed by atoms with Gasteiger partial charge < -0.3 is 19.7 Å². The molecule has 1 N–H and O–H groups in total. The van der Waals surface area contributed by atoms with E-state index in [-0.39, 0.29) is 0 Å². The van der Waals surface area contributed by atoms with Crippen LogP contribution >= 0.6 is 0 Å². The Kier molecular flexibility index (Phi) is 9.42. The van der Waals surface area contributed by atoms with E-state index in [0.717, 1.165) is 58.2 Å². The fourth-order valence-electron chi connectivity index (χ4n) is 2.43. The van der Waals surface area contributed by atoms with Crippen LogP contribution in [0.3, 0.4) is 0 Å². The maximum absolute atomic E-state index is 5.70. The quantitative estimate of drug-likeness (QED) is 0.424. The van der Waals surface area contributed by atoms with Gasteiger partial charge in [-0.1, -0.05) is 13.8 Å². The number of likely N-dealkylation sites (tertiary alicyclic amines) is 1. The van der Waals surface area contributed by atoms with Crippen LogP contribution in [-0.4, -0.2) is 63.0 Å². The molecular formula is C16H33N3O2. The zero-order valence-electron chi connectivity index (χ0n) is 14.2. The number of guanidine groups is 1. The van der Waals surface area contributed by atoms with Crippen LogP contribution in [-0.2, 0) is 9.47 Å². The summed E-state index contributed by atoms with van der Waals surface area (Å²) in [5, 5.41) is 3.38. The summed E-state index contributed by atoms with van der Waals surface area (Å²) in [6, 6.07) is 0. The van der Waals surface area contributed by atoms with Crippen LogP contribution in [0.5, 0.6) is 0 Å². The molecule has 0 aromatic heterocycles. The number of hydrogen-bond donors (Lipinski definition) is 1. The molecule has 0 atom stereocenters. The van der Waals surface area contributed by atoms with Crippen molar-refractivity contribution < 1.29 is 9.47 Å². The van der Waals surface area contributed by atoms with Gasteiger partial charge in [0.05, 0.1) is 19.3 Å². The molecule has 1 rings (SSSR count). The molecule has 0 unspecified atom stereocenters. The van der Waals surface area contributed by atoms with E-state index < -0.39 is 0 Å². The second kappa shape index (κ2) is 10.9. The molecule has 0 aliphatic carbocycles. The lowest BCUT2D eigenvalue weighted by atomic mass is 10.1. The standard InChI is InChI=1S/C16H33N3O2/c1-5-17-16(18-9-12-20-13-14(3)4)19-10-7-15(8-11-19)21-6-2/h14-15H,5-13H2,1-4H3,(H,17,18). The molecule has 1 fully saturated rings. The summed E-state index contributed by atoms with van der Waals surface area (Å²) in [6.07, 6.45) is 2.59. The van der Waals surface area contributed by atoms with Crippen LogP contribution in [0.15, 0.2) is 4.99 Å². The van der Waals surface area contributed by atoms with Crippen molar-refractivity contribution in [3.63, 3.8) is 0 Å². The summed E-state index contributed by atoms with van der Waals surface area (Å²) in [5.74, 6) is 1.60. The molecule has 0 radical (unpaired) electrons. The number of piperidine rings is 1. The Bertz CT molecular complexity index is 287. The van der Waals surface area contributed by atoms with Crippen molar-refractivity contribution >= 4 is 5.96 Å². The van der Waals surface area contributed by atoms with Crippen molar-refractivity contribution in [3.05, 3.63) is 0 Å². The highest BCUT2D eigenvalue weighted by molar-refractivity contribution is 5.80. The van der Waals surface area contributed by atoms with E-state index in [1.54, 1.807) is 0 Å². The molecule has 124 valence electrons. The van der Waals surface area contributed by atoms with Gasteiger partial charge in [-0.15, -0.1) is 0 Å². The monoisotopic (exact) mass is 299 g/mol. The third kappa shape index (κ3) is 7.67. The molecule has 1 aliphatic heterocycles. The van der Waals surface area contributed by atoms with Gasteiger partial charge in [0, 0.05) is 32.8 Å². The molecule has 5 nitrogen and oxygen atoms in total. The predicted octanol–water partition coefficient (Wildman–Crippen LogP) is 2.13. The minimum atomic E-state index is 0.420. The van der Waals surface area contributed by atoms with E-state index in [4.69, 9.17) is 9.47 Å². The number of aliphatic imine (C=N–C) groups is 1. The first-order valence-corrected chi connectivity index (χ1v) is 8.39. The Morgan fingerprint density at radius 1 is 1.29 bits per heavy atom. The highest BCUT2D eigenvalue weighted by atomic mass is 16.5. The fraction of sp³-hybridized carbons (Fsp3) is 0.938. The van der Waals surface area contributed by atoms with Gasteiger partial charge in [0.1, 0.15) is 0 Å². The van der Waals surface area contributed by atoms with Crippen molar-refractivity contribution in [2.45, 2.75) is 46.6 Å². The van der Waals surface area contributed by atoms with E-state index in [2.05, 4.69) is 42.9 Å². The van der Waals surface area contributed by atoms with Gasteiger partial charge in [0.25, 0.3) is 0 Å². The molecule has 5 heteroatoms. The molecule has 1 saturated heterocycles. The summed E-state index contributed by atoms with van der Waals surface area (Å²) in [7, 11) is 0. The van der Waals surface area contributed by atoms with Crippen molar-refractivity contribution in [1.82, 2.24) is 10.2 Å². The van der Waals surface area contributed by atoms with E-state index in [1.165, 1.54) is 0 Å². The average molecular weight is 299 g/mol. The molecule has 0 saturated carbocycles. The van der Waals surface area contributed by atoms with Gasteiger partial charge in [-0.25, -0.2) is 0 Å². The second-order valence-electron chi connectivity index (χ2n) is 5.85. The van der Waals surface area contributed by atoms with E-state index in [9.17, 15) is 0 Å². The lowest BCUT2D eigenvalue weighted by molar-refractivity contribution is 0.0263. The van der Waals surface area contributed by atoms with E-state index in [0.29, 0.717) is 18.6 Å². The van der Waals surface area contributed by atoms with Gasteiger partial charge >= 0.3 is 0 Å². The maximum Gasteiger partial charge on any atom is 0.193 e. The van der Waals surface area contributed by atoms with Crippen molar-refractivity contribution in [2.24, 2.45) is 10.9 Å². The first kappa shape index (κ1) is 18.2. The van der Waals surface area contributed by atoms with E-state index >= 15 is 0 Å². The van der Waals surface area contributed by atoms with Crippen LogP contribution in [0, 0.1) is 5.92 Å². The minimum Gasteiger partial charge on any atom is -0.379 e. The highest BCUT2D eigenvalue weighted by Crippen LogP contribution is 2.13. The van der Waals surface area contributed by atoms with Crippen molar-refractivity contribution in [3.8, 4) is 0 Å². The average Bonchev–Trinajstić information content (AvgIpc) is 2.47. The predicted molar refractivity (Wildman–Crippen MR) is 87.9 cm³/mol. The topological polar surface area (TPSA) is 46.1 Å². The summed E-state index contributed by atoms with van der Waals surface area (Å²) >= 11 is 0. The number of hydrogen-bond acceptors (Lipinski definition) is 3. The second-order valence-corrected chi connectivity index (χ2v) is 5.85. The smallest absolute Gasteiger partial charge is 0.193 e. The van der Waals surface area contributed by atoms with Crippen LogP contribution < -0.4 is 5.32 Å². The normalized spacial score (nSPS) is 17.6. The first-order valence-electron chi connectivity index (χ1n) is 8.39. The SMILES string of the molecule is CCNC(=NCCOCC(C)C)N1CCC(OCC)CC1. The molecule has 0 aromatic rings. The molecule has 0 spiro atoms. The number of rotatable bonds is 8. The summed E-state index contributed by atoms with van der Waals surface area (Å²) in [5.41, 5.74) is 0. The van der Waals surface area contributed by atoms with Crippen LogP contribution in [0.2, 0.25) is 0 Å². The molecular weight excluding hydrogens is 266 g/mol. The number of ether oxygens (including phenoxy) is 2. The van der Waals surface area contributed by atoms with Crippen LogP contribution in [0.1, 0.15) is 40.5 Å². The van der Waals surface area contributed by atoms with Gasteiger partial charge in [-0.05, 0) is 32.6 Å². The van der Waals surface area contributed by atoms with Crippen LogP contribution in [0.25, 0.3) is 0 Å². The Morgan fingerprint density at radius 2 is 2.00 bits per heavy atom. The lowest BCUT2D eigenvalue weighted by Gasteiger charge is -2.34. The molecule has 1 heterocycles. The van der Waals surface area contributed by atoms with Gasteiger partial charge in [0.2, 0.25) is 0 Å². The lowest BCUT2D eigenvalue weighted by Crippen LogP contribution is -2.47. The molecule has 1 aliphatic rings. The Labute approximate surface area is 130 Å². The summed E-state index contributed by atoms with van der Waals surface area (Å²) < 4.78 is 11.3. The third-order valence-electron chi connectivity index (χ3n) is 3.43. The first-order chi connectivity index (χ1) is 10.2. The van der Waals surface area contributed by atoms with Crippen molar-refractivity contribution in [2.75, 3.05) is 46.0 Å². The van der Waals surface area contributed by atoms with Crippen LogP contribution in [0.4, 0.5) is 0 Å².